The molecule has 0 fully saturated rings. The summed E-state index contributed by atoms with van der Waals surface area (Å²) in [7, 11) is 0. The second-order valence-corrected chi connectivity index (χ2v) is 0.935. The zero-order valence-electron chi connectivity index (χ0n) is 2.81. The third-order valence-electron chi connectivity index (χ3n) is 0.145. The normalized spacial score (nSPS) is 5.67. The summed E-state index contributed by atoms with van der Waals surface area (Å²) in [4.78, 5) is 9.50. The first-order valence-corrected chi connectivity index (χ1v) is 1.52. The van der Waals surface area contributed by atoms with Crippen molar-refractivity contribution < 1.29 is 37.3 Å². The fraction of sp³-hybridized carbons (Fsp3) is 0. The Morgan fingerprint density at radius 3 is 2.00 bits per heavy atom. The van der Waals surface area contributed by atoms with Crippen LogP contribution in [0.3, 0.4) is 0 Å². The second-order valence-electron chi connectivity index (χ2n) is 0.471. The van der Waals surface area contributed by atoms with Gasteiger partial charge >= 0.3 is 38.1 Å². The van der Waals surface area contributed by atoms with Crippen LogP contribution in [-0.4, -0.2) is 4.68 Å². The Kier molecular flexibility index (Phi) is 8.73. The van der Waals surface area contributed by atoms with Crippen LogP contribution in [-0.2, 0) is 37.3 Å². The number of hydrogen-bond donors (Lipinski definition) is 0. The standard InChI is InChI=1S/C3H3O.Cu.Ni/c1-2-3-4;;/h2H,1H2;;. The second kappa shape index (κ2) is 5.42. The predicted molar refractivity (Wildman–Crippen MR) is 15.2 cm³/mol. The van der Waals surface area contributed by atoms with E-state index in [9.17, 15) is 4.79 Å². The van der Waals surface area contributed by atoms with Gasteiger partial charge in [-0.15, -0.1) is 0 Å². The molecule has 3 heteroatoms. The van der Waals surface area contributed by atoms with Crippen LogP contribution in [0.1, 0.15) is 0 Å². The largest absolute Gasteiger partial charge is 0 e. The van der Waals surface area contributed by atoms with E-state index in [-0.39, 0.29) is 16.5 Å². The molecule has 0 radical (unpaired) electrons. The van der Waals surface area contributed by atoms with Crippen molar-refractivity contribution >= 4 is 4.68 Å². The van der Waals surface area contributed by atoms with E-state index in [0.717, 1.165) is 6.08 Å². The molecule has 0 amide bonds. The summed E-state index contributed by atoms with van der Waals surface area (Å²) in [5.74, 6) is 0. The molecular weight excluding hydrogens is 174 g/mol. The Balaban J connectivity index is 0. The van der Waals surface area contributed by atoms with Gasteiger partial charge in [-0.25, -0.2) is 0 Å². The van der Waals surface area contributed by atoms with Gasteiger partial charge in [0.25, 0.3) is 0 Å². The van der Waals surface area contributed by atoms with Crippen molar-refractivity contribution in [3.05, 3.63) is 12.7 Å². The average Bonchev–Trinajstić information content (AvgIpc) is 1.38. The minimum atomic E-state index is -0.419. The number of rotatable bonds is 1. The molecule has 0 atom stereocenters. The molecule has 0 unspecified atom stereocenters. The van der Waals surface area contributed by atoms with Gasteiger partial charge in [-0.2, -0.15) is 0 Å². The van der Waals surface area contributed by atoms with Gasteiger partial charge in [0.2, 0.25) is 0 Å². The Morgan fingerprint density at radius 1 is 1.83 bits per heavy atom. The molecule has 0 aliphatic rings. The third kappa shape index (κ3) is 8.83. The quantitative estimate of drug-likeness (QED) is 0.414. The maximum Gasteiger partial charge on any atom is 0 e. The van der Waals surface area contributed by atoms with E-state index in [1.807, 2.05) is 0 Å². The van der Waals surface area contributed by atoms with Gasteiger partial charge in [-0.3, -0.25) is 0 Å². The smallest absolute Gasteiger partial charge is 0 e. The van der Waals surface area contributed by atoms with Crippen LogP contribution in [0.5, 0.6) is 0 Å². The number of carbonyl (C=O) groups is 1. The van der Waals surface area contributed by atoms with Crippen LogP contribution in [0.2, 0.25) is 0 Å². The molecule has 0 N–H and O–H groups in total. The summed E-state index contributed by atoms with van der Waals surface area (Å²) >= 11 is 4.15. The molecule has 0 heterocycles. The van der Waals surface area contributed by atoms with Crippen molar-refractivity contribution in [1.29, 1.82) is 0 Å². The number of hydrogen-bond acceptors (Lipinski definition) is 1. The van der Waals surface area contributed by atoms with Crippen molar-refractivity contribution in [2.45, 2.75) is 0 Å². The van der Waals surface area contributed by atoms with E-state index in [1.54, 1.807) is 0 Å². The first-order chi connectivity index (χ1) is 2.27. The number of carbonyl (C=O) groups excluding carboxylic acids is 1. The summed E-state index contributed by atoms with van der Waals surface area (Å²) in [5, 5.41) is 0. The van der Waals surface area contributed by atoms with Gasteiger partial charge in [-0.05, 0) is 0 Å². The first kappa shape index (κ1) is 9.66. The van der Waals surface area contributed by atoms with Gasteiger partial charge in [0.05, 0.1) is 0 Å². The maximum atomic E-state index is 9.50. The minimum Gasteiger partial charge on any atom is 0 e. The Labute approximate surface area is 54.9 Å². The number of allylic oxidation sites excluding steroid dienone is 1. The van der Waals surface area contributed by atoms with E-state index in [2.05, 4.69) is 22.6 Å². The topological polar surface area (TPSA) is 17.1 Å². The van der Waals surface area contributed by atoms with E-state index in [1.165, 1.54) is 0 Å². The predicted octanol–water partition coefficient (Wildman–Crippen LogP) is 0.243. The Hall–Kier alpha value is 0.423. The fourth-order valence-electron chi connectivity index (χ4n) is 0. The van der Waals surface area contributed by atoms with Crippen LogP contribution in [0.15, 0.2) is 12.7 Å². The maximum absolute atomic E-state index is 9.50. The van der Waals surface area contributed by atoms with E-state index < -0.39 is 4.68 Å². The fourth-order valence-corrected chi connectivity index (χ4v) is 0. The molecule has 0 spiro atoms. The van der Waals surface area contributed by atoms with Gasteiger partial charge < -0.3 is 0 Å². The van der Waals surface area contributed by atoms with Crippen molar-refractivity contribution in [3.63, 3.8) is 0 Å². The molecule has 0 aromatic carbocycles. The van der Waals surface area contributed by atoms with Crippen molar-refractivity contribution in [1.82, 2.24) is 0 Å². The van der Waals surface area contributed by atoms with Gasteiger partial charge in [-0.1, -0.05) is 0 Å². The van der Waals surface area contributed by atoms with Crippen molar-refractivity contribution in [2.75, 3.05) is 0 Å². The zero-order chi connectivity index (χ0) is 4.28. The van der Waals surface area contributed by atoms with Crippen molar-refractivity contribution in [2.24, 2.45) is 0 Å². The molecule has 0 aromatic rings. The molecule has 1 nitrogen and oxygen atoms in total. The molecule has 42 valence electrons. The van der Waals surface area contributed by atoms with Gasteiger partial charge in [0.15, 0.2) is 0 Å². The Morgan fingerprint density at radius 2 is 2.00 bits per heavy atom. The molecular formula is C3H3CuNiO. The van der Waals surface area contributed by atoms with Crippen LogP contribution < -0.4 is 0 Å². The summed E-state index contributed by atoms with van der Waals surface area (Å²) in [5.41, 5.74) is 0. The molecule has 0 rings (SSSR count). The molecule has 0 aliphatic heterocycles. The Bertz CT molecular complexity index is 61.8. The van der Waals surface area contributed by atoms with Crippen LogP contribution in [0.25, 0.3) is 0 Å². The zero-order valence-corrected chi connectivity index (χ0v) is 4.74. The first-order valence-electron chi connectivity index (χ1n) is 1.05. The van der Waals surface area contributed by atoms with Crippen LogP contribution in [0.4, 0.5) is 0 Å². The van der Waals surface area contributed by atoms with E-state index in [4.69, 9.17) is 0 Å². The monoisotopic (exact) mass is 176 g/mol. The SMILES string of the molecule is C=C[C](=O)[Cu].[Ni]. The van der Waals surface area contributed by atoms with Gasteiger partial charge in [0.1, 0.15) is 0 Å². The van der Waals surface area contributed by atoms with E-state index in [0.29, 0.717) is 0 Å². The summed E-state index contributed by atoms with van der Waals surface area (Å²) in [6.45, 7) is 3.10. The van der Waals surface area contributed by atoms with E-state index >= 15 is 0 Å². The molecule has 0 aliphatic carbocycles. The van der Waals surface area contributed by atoms with Crippen LogP contribution in [0, 0.1) is 0 Å². The minimum absolute atomic E-state index is 0. The summed E-state index contributed by atoms with van der Waals surface area (Å²) < 4.78 is -0.419. The molecule has 0 saturated carbocycles. The van der Waals surface area contributed by atoms with Gasteiger partial charge in [0, 0.05) is 16.5 Å². The third-order valence-corrected chi connectivity index (χ3v) is 0.337. The molecule has 0 saturated heterocycles. The van der Waals surface area contributed by atoms with Crippen molar-refractivity contribution in [3.8, 4) is 0 Å². The molecule has 0 aromatic heterocycles. The summed E-state index contributed by atoms with van der Waals surface area (Å²) in [6, 6.07) is 0. The average molecular weight is 177 g/mol. The molecule has 6 heavy (non-hydrogen) atoms. The molecule has 0 bridgehead atoms. The van der Waals surface area contributed by atoms with Crippen LogP contribution >= 0.6 is 0 Å². The summed E-state index contributed by atoms with van der Waals surface area (Å²) in [6.07, 6.45) is 1.08.